The number of carbonyl (C=O) groups excluding carboxylic acids is 1. The third kappa shape index (κ3) is 30.2. The lowest BCUT2D eigenvalue weighted by Crippen LogP contribution is -2.66. The van der Waals surface area contributed by atoms with Gasteiger partial charge in [-0.3, -0.25) is 4.79 Å². The standard InChI is InChI=1S/C64H117NO18/c1-3-5-7-9-11-13-15-17-19-21-22-23-24-25-26-27-29-31-33-35-37-39-41-48(69)47(65-52(70)42-40-38-36-34-32-30-28-20-18-16-14-12-10-8-6-4-2)46-78-62-58(76)55(73)60(50(44-67)80-62)83-64-59(77)56(74)61(51(45-68)81-64)82-63-57(75)54(72)53(71)49(43-66)79-63/h14,16,20,28,39,41,47-51,53-64,66-69,71-77H,3-13,15,17-19,21-27,29-38,40,42-46H2,1-2H3,(H,65,70)/b16-14-,28-20-,41-39+. The average Bonchev–Trinajstić information content (AvgIpc) is 3.25. The Hall–Kier alpha value is -1.99. The molecule has 19 heteroatoms. The number of carbonyl (C=O) groups is 1. The molecule has 0 aromatic heterocycles. The summed E-state index contributed by atoms with van der Waals surface area (Å²) in [6, 6.07) is -0.980. The minimum absolute atomic E-state index is 0.228. The maximum Gasteiger partial charge on any atom is 0.220 e. The molecule has 19 nitrogen and oxygen atoms in total. The summed E-state index contributed by atoms with van der Waals surface area (Å²) in [7, 11) is 0. The number of hydrogen-bond acceptors (Lipinski definition) is 18. The molecular weight excluding hydrogens is 1070 g/mol. The number of hydrogen-bond donors (Lipinski definition) is 12. The summed E-state index contributed by atoms with van der Waals surface area (Å²) in [5.74, 6) is -0.288. The largest absolute Gasteiger partial charge is 0.394 e. The average molecular weight is 1190 g/mol. The van der Waals surface area contributed by atoms with Crippen molar-refractivity contribution < 1.29 is 89.4 Å². The van der Waals surface area contributed by atoms with Gasteiger partial charge in [-0.05, 0) is 51.4 Å². The van der Waals surface area contributed by atoms with Crippen LogP contribution >= 0.6 is 0 Å². The highest BCUT2D eigenvalue weighted by atomic mass is 16.8. The molecule has 3 aliphatic heterocycles. The smallest absolute Gasteiger partial charge is 0.220 e. The third-order valence-electron chi connectivity index (χ3n) is 16.4. The quantitative estimate of drug-likeness (QED) is 0.0211. The molecule has 17 atom stereocenters. The van der Waals surface area contributed by atoms with Crippen LogP contribution in [-0.4, -0.2) is 193 Å². The fraction of sp³-hybridized carbons (Fsp3) is 0.891. The van der Waals surface area contributed by atoms with Crippen molar-refractivity contribution in [2.75, 3.05) is 26.4 Å². The van der Waals surface area contributed by atoms with Crippen molar-refractivity contribution in [3.63, 3.8) is 0 Å². The number of rotatable bonds is 49. The highest BCUT2D eigenvalue weighted by Crippen LogP contribution is 2.33. The van der Waals surface area contributed by atoms with Gasteiger partial charge in [-0.2, -0.15) is 0 Å². The number of unbranched alkanes of at least 4 members (excludes halogenated alkanes) is 29. The molecule has 3 fully saturated rings. The topological polar surface area (TPSA) is 307 Å². The summed E-state index contributed by atoms with van der Waals surface area (Å²) in [5.41, 5.74) is 0. The molecule has 12 N–H and O–H groups in total. The van der Waals surface area contributed by atoms with Gasteiger partial charge in [-0.15, -0.1) is 0 Å². The van der Waals surface area contributed by atoms with Gasteiger partial charge in [0.25, 0.3) is 0 Å². The van der Waals surface area contributed by atoms with Crippen molar-refractivity contribution in [1.82, 2.24) is 5.32 Å². The van der Waals surface area contributed by atoms with Gasteiger partial charge in [-0.1, -0.05) is 211 Å². The lowest BCUT2D eigenvalue weighted by Gasteiger charge is -2.48. The molecular formula is C64H117NO18. The van der Waals surface area contributed by atoms with Gasteiger partial charge >= 0.3 is 0 Å². The second kappa shape index (κ2) is 47.1. The van der Waals surface area contributed by atoms with E-state index in [1.807, 2.05) is 6.08 Å². The molecule has 17 unspecified atom stereocenters. The Morgan fingerprint density at radius 2 is 0.795 bits per heavy atom. The van der Waals surface area contributed by atoms with Gasteiger partial charge in [0.1, 0.15) is 73.2 Å². The minimum Gasteiger partial charge on any atom is -0.394 e. The SMILES string of the molecule is CCCCCC/C=C\C/C=C\CCCCCCCC(=O)NC(COC1OC(CO)C(OC2OC(CO)C(OC3OC(CO)C(O)C(O)C3O)C(O)C2O)C(O)C1O)C(O)/C=C/CCCCCCCCCCCCCCCCCCCCCC. The number of nitrogens with one attached hydrogen (secondary N) is 1. The Balaban J connectivity index is 1.48. The van der Waals surface area contributed by atoms with Crippen LogP contribution < -0.4 is 5.32 Å². The van der Waals surface area contributed by atoms with Gasteiger partial charge in [0.15, 0.2) is 18.9 Å². The van der Waals surface area contributed by atoms with E-state index in [0.29, 0.717) is 6.42 Å². The molecule has 3 heterocycles. The highest BCUT2D eigenvalue weighted by molar-refractivity contribution is 5.76. The monoisotopic (exact) mass is 1190 g/mol. The van der Waals surface area contributed by atoms with E-state index in [0.717, 1.165) is 70.6 Å². The first kappa shape index (κ1) is 75.3. The first-order chi connectivity index (χ1) is 40.3. The van der Waals surface area contributed by atoms with Gasteiger partial charge in [0.2, 0.25) is 5.91 Å². The Labute approximate surface area is 498 Å². The molecule has 486 valence electrons. The number of aliphatic hydroxyl groups excluding tert-OH is 11. The summed E-state index contributed by atoms with van der Waals surface area (Å²) < 4.78 is 34.3. The molecule has 0 bridgehead atoms. The van der Waals surface area contributed by atoms with E-state index in [2.05, 4.69) is 43.5 Å². The minimum atomic E-state index is -1.98. The molecule has 3 saturated heterocycles. The summed E-state index contributed by atoms with van der Waals surface area (Å²) in [6.45, 7) is 1.71. The zero-order valence-corrected chi connectivity index (χ0v) is 50.9. The molecule has 3 aliphatic rings. The maximum atomic E-state index is 13.3. The maximum absolute atomic E-state index is 13.3. The molecule has 0 aliphatic carbocycles. The summed E-state index contributed by atoms with van der Waals surface area (Å²) >= 11 is 0. The summed E-state index contributed by atoms with van der Waals surface area (Å²) in [6.07, 6.45) is 25.5. The third-order valence-corrected chi connectivity index (χ3v) is 16.4. The normalized spacial score (nSPS) is 29.6. The van der Waals surface area contributed by atoms with Crippen LogP contribution in [0.25, 0.3) is 0 Å². The van der Waals surface area contributed by atoms with Crippen LogP contribution in [0.3, 0.4) is 0 Å². The molecule has 0 saturated carbocycles. The molecule has 1 amide bonds. The van der Waals surface area contributed by atoms with E-state index in [9.17, 15) is 61.0 Å². The van der Waals surface area contributed by atoms with Crippen LogP contribution in [0.15, 0.2) is 36.5 Å². The second-order valence-electron chi connectivity index (χ2n) is 23.6. The van der Waals surface area contributed by atoms with Crippen molar-refractivity contribution in [3.8, 4) is 0 Å². The van der Waals surface area contributed by atoms with Gasteiger partial charge in [0.05, 0.1) is 38.6 Å². The molecule has 3 rings (SSSR count). The Morgan fingerprint density at radius 3 is 1.24 bits per heavy atom. The van der Waals surface area contributed by atoms with E-state index in [-0.39, 0.29) is 18.9 Å². The number of amides is 1. The molecule has 0 aromatic rings. The second-order valence-corrected chi connectivity index (χ2v) is 23.6. The summed E-state index contributed by atoms with van der Waals surface area (Å²) in [5, 5.41) is 120. The van der Waals surface area contributed by atoms with Crippen molar-refractivity contribution in [2.24, 2.45) is 0 Å². The van der Waals surface area contributed by atoms with Crippen molar-refractivity contribution in [3.05, 3.63) is 36.5 Å². The zero-order valence-electron chi connectivity index (χ0n) is 50.9. The predicted molar refractivity (Wildman–Crippen MR) is 319 cm³/mol. The number of ether oxygens (including phenoxy) is 6. The van der Waals surface area contributed by atoms with Crippen LogP contribution in [0, 0.1) is 0 Å². The van der Waals surface area contributed by atoms with E-state index in [1.165, 1.54) is 135 Å². The fourth-order valence-electron chi connectivity index (χ4n) is 11.0. The predicted octanol–water partition coefficient (Wildman–Crippen LogP) is 7.27. The van der Waals surface area contributed by atoms with E-state index in [1.54, 1.807) is 6.08 Å². The zero-order chi connectivity index (χ0) is 60.5. The van der Waals surface area contributed by atoms with Crippen LogP contribution in [0.4, 0.5) is 0 Å². The van der Waals surface area contributed by atoms with Crippen LogP contribution in [0.2, 0.25) is 0 Å². The van der Waals surface area contributed by atoms with Crippen molar-refractivity contribution in [2.45, 2.75) is 336 Å². The van der Waals surface area contributed by atoms with E-state index >= 15 is 0 Å². The molecule has 0 aromatic carbocycles. The van der Waals surface area contributed by atoms with Gasteiger partial charge in [-0.25, -0.2) is 0 Å². The van der Waals surface area contributed by atoms with Gasteiger partial charge < -0.3 is 89.9 Å². The van der Waals surface area contributed by atoms with E-state index < -0.39 is 124 Å². The lowest BCUT2D eigenvalue weighted by atomic mass is 9.96. The van der Waals surface area contributed by atoms with E-state index in [4.69, 9.17) is 28.4 Å². The first-order valence-corrected chi connectivity index (χ1v) is 32.7. The fourth-order valence-corrected chi connectivity index (χ4v) is 11.0. The molecule has 0 spiro atoms. The van der Waals surface area contributed by atoms with Crippen molar-refractivity contribution in [1.29, 1.82) is 0 Å². The number of allylic oxidation sites excluding steroid dienone is 5. The Morgan fingerprint density at radius 1 is 0.434 bits per heavy atom. The lowest BCUT2D eigenvalue weighted by molar-refractivity contribution is -0.379. The number of aliphatic hydroxyl groups is 11. The first-order valence-electron chi connectivity index (χ1n) is 32.7. The molecule has 0 radical (unpaired) electrons. The van der Waals surface area contributed by atoms with Gasteiger partial charge in [0, 0.05) is 6.42 Å². The Bertz CT molecular complexity index is 1660. The molecule has 83 heavy (non-hydrogen) atoms. The van der Waals surface area contributed by atoms with Crippen LogP contribution in [0.1, 0.15) is 232 Å². The Kier molecular flexibility index (Phi) is 42.7. The van der Waals surface area contributed by atoms with Crippen LogP contribution in [0.5, 0.6) is 0 Å². The highest BCUT2D eigenvalue weighted by Gasteiger charge is 2.53. The summed E-state index contributed by atoms with van der Waals surface area (Å²) in [4.78, 5) is 13.3. The van der Waals surface area contributed by atoms with Crippen LogP contribution in [-0.2, 0) is 33.2 Å². The van der Waals surface area contributed by atoms with Crippen molar-refractivity contribution >= 4 is 5.91 Å².